The van der Waals surface area contributed by atoms with Crippen LogP contribution in [0.2, 0.25) is 0 Å². The number of amides is 1. The third kappa shape index (κ3) is 5.67. The first-order valence-electron chi connectivity index (χ1n) is 11.2. The molecule has 1 aromatic rings. The van der Waals surface area contributed by atoms with Crippen LogP contribution in [0.15, 0.2) is 30.3 Å². The second kappa shape index (κ2) is 10.9. The Morgan fingerprint density at radius 1 is 1.10 bits per heavy atom. The van der Waals surface area contributed by atoms with Crippen molar-refractivity contribution in [2.75, 3.05) is 19.6 Å². The van der Waals surface area contributed by atoms with E-state index >= 15 is 0 Å². The Kier molecular flexibility index (Phi) is 8.84. The van der Waals surface area contributed by atoms with Crippen LogP contribution in [0.25, 0.3) is 0 Å². The Bertz CT molecular complexity index is 653. The van der Waals surface area contributed by atoms with E-state index in [2.05, 4.69) is 48.3 Å². The topological polar surface area (TPSA) is 52.7 Å². The number of likely N-dealkylation sites (tertiary alicyclic amines) is 1. The highest BCUT2D eigenvalue weighted by atomic mass is 16.2. The van der Waals surface area contributed by atoms with Gasteiger partial charge in [0.2, 0.25) is 5.91 Å². The highest BCUT2D eigenvalue weighted by molar-refractivity contribution is 5.86. The summed E-state index contributed by atoms with van der Waals surface area (Å²) in [5.74, 6) is 0.394. The Labute approximate surface area is 176 Å². The quantitative estimate of drug-likeness (QED) is 0.615. The molecule has 1 heterocycles. The van der Waals surface area contributed by atoms with Gasteiger partial charge in [0.25, 0.3) is 0 Å². The number of rotatable bonds is 11. The molecule has 0 aliphatic carbocycles. The van der Waals surface area contributed by atoms with Crippen molar-refractivity contribution in [1.29, 1.82) is 0 Å². The summed E-state index contributed by atoms with van der Waals surface area (Å²) in [5.41, 5.74) is 0.765. The lowest BCUT2D eigenvalue weighted by Crippen LogP contribution is -2.58. The van der Waals surface area contributed by atoms with Crippen LogP contribution in [0, 0.1) is 0 Å². The minimum Gasteiger partial charge on any atom is -0.343 e. The fourth-order valence-electron chi connectivity index (χ4n) is 4.66. The summed E-state index contributed by atoms with van der Waals surface area (Å²) in [5, 5.41) is 3.71. The van der Waals surface area contributed by atoms with Gasteiger partial charge in [-0.25, -0.2) is 0 Å². The Hall–Kier alpha value is -1.72. The number of Topliss-reactive ketones (excluding diaryl/α,β-unsaturated/α-hetero) is 1. The van der Waals surface area contributed by atoms with Crippen LogP contribution in [-0.4, -0.2) is 58.7 Å². The van der Waals surface area contributed by atoms with Gasteiger partial charge in [0.1, 0.15) is 5.78 Å². The van der Waals surface area contributed by atoms with Crippen molar-refractivity contribution in [3.63, 3.8) is 0 Å². The van der Waals surface area contributed by atoms with Gasteiger partial charge in [-0.1, -0.05) is 44.2 Å². The Balaban J connectivity index is 2.24. The molecule has 1 N–H and O–H groups in total. The maximum atomic E-state index is 12.9. The van der Waals surface area contributed by atoms with E-state index in [1.807, 2.05) is 24.8 Å². The molecule has 1 saturated heterocycles. The molecule has 1 aliphatic heterocycles. The Morgan fingerprint density at radius 3 is 2.24 bits per heavy atom. The number of nitrogens with one attached hydrogen (secondary N) is 1. The molecule has 29 heavy (non-hydrogen) atoms. The SMILES string of the molecule is CCN(CC)C(=O)C[C@@H]1[C@@H](NC(CC)(CC)C(C)=O)CCN1Cc1ccccc1. The van der Waals surface area contributed by atoms with E-state index in [0.29, 0.717) is 6.42 Å². The van der Waals surface area contributed by atoms with Crippen molar-refractivity contribution in [2.24, 2.45) is 0 Å². The minimum absolute atomic E-state index is 0.0973. The van der Waals surface area contributed by atoms with Gasteiger partial charge >= 0.3 is 0 Å². The lowest BCUT2D eigenvalue weighted by Gasteiger charge is -2.37. The molecule has 0 aromatic heterocycles. The number of hydrogen-bond donors (Lipinski definition) is 1. The normalized spacial score (nSPS) is 20.0. The summed E-state index contributed by atoms with van der Waals surface area (Å²) < 4.78 is 0. The van der Waals surface area contributed by atoms with Crippen molar-refractivity contribution < 1.29 is 9.59 Å². The van der Waals surface area contributed by atoms with Crippen LogP contribution in [0.1, 0.15) is 65.9 Å². The molecule has 0 saturated carbocycles. The average molecular weight is 402 g/mol. The predicted molar refractivity (Wildman–Crippen MR) is 119 cm³/mol. The predicted octanol–water partition coefficient (Wildman–Crippen LogP) is 3.63. The summed E-state index contributed by atoms with van der Waals surface area (Å²) >= 11 is 0. The number of hydrogen-bond acceptors (Lipinski definition) is 4. The van der Waals surface area contributed by atoms with E-state index in [1.54, 1.807) is 6.92 Å². The number of carbonyl (C=O) groups is 2. The van der Waals surface area contributed by atoms with E-state index in [0.717, 1.165) is 45.4 Å². The van der Waals surface area contributed by atoms with Gasteiger partial charge in [-0.3, -0.25) is 14.5 Å². The van der Waals surface area contributed by atoms with E-state index < -0.39 is 5.54 Å². The van der Waals surface area contributed by atoms with Crippen molar-refractivity contribution >= 4 is 11.7 Å². The average Bonchev–Trinajstić information content (AvgIpc) is 3.08. The fraction of sp³-hybridized carbons (Fsp3) is 0.667. The molecule has 1 amide bonds. The van der Waals surface area contributed by atoms with Crippen LogP contribution in [0.3, 0.4) is 0 Å². The van der Waals surface area contributed by atoms with Crippen LogP contribution in [-0.2, 0) is 16.1 Å². The summed E-state index contributed by atoms with van der Waals surface area (Å²) in [4.78, 5) is 29.7. The van der Waals surface area contributed by atoms with Gasteiger partial charge < -0.3 is 10.2 Å². The van der Waals surface area contributed by atoms with E-state index in [9.17, 15) is 9.59 Å². The van der Waals surface area contributed by atoms with Gasteiger partial charge in [-0.05, 0) is 45.6 Å². The lowest BCUT2D eigenvalue weighted by molar-refractivity contribution is -0.132. The molecule has 1 aromatic carbocycles. The van der Waals surface area contributed by atoms with Crippen molar-refractivity contribution in [3.05, 3.63) is 35.9 Å². The molecule has 162 valence electrons. The van der Waals surface area contributed by atoms with Crippen molar-refractivity contribution in [1.82, 2.24) is 15.1 Å². The second-order valence-corrected chi connectivity index (χ2v) is 8.18. The molecule has 5 heteroatoms. The second-order valence-electron chi connectivity index (χ2n) is 8.18. The van der Waals surface area contributed by atoms with E-state index in [4.69, 9.17) is 0 Å². The van der Waals surface area contributed by atoms with Crippen molar-refractivity contribution in [2.45, 2.75) is 84.5 Å². The first-order chi connectivity index (χ1) is 13.9. The number of ketones is 1. The molecule has 0 bridgehead atoms. The molecule has 1 fully saturated rings. The monoisotopic (exact) mass is 401 g/mol. The molecule has 2 atom stereocenters. The third-order valence-corrected chi connectivity index (χ3v) is 6.73. The largest absolute Gasteiger partial charge is 0.343 e. The highest BCUT2D eigenvalue weighted by Crippen LogP contribution is 2.28. The summed E-state index contributed by atoms with van der Waals surface area (Å²) in [6.45, 7) is 13.1. The van der Waals surface area contributed by atoms with Gasteiger partial charge in [0, 0.05) is 44.7 Å². The zero-order valence-electron chi connectivity index (χ0n) is 18.9. The van der Waals surface area contributed by atoms with Crippen LogP contribution in [0.4, 0.5) is 0 Å². The van der Waals surface area contributed by atoms with Crippen LogP contribution in [0.5, 0.6) is 0 Å². The van der Waals surface area contributed by atoms with E-state index in [1.165, 1.54) is 5.56 Å². The summed E-state index contributed by atoms with van der Waals surface area (Å²) in [6, 6.07) is 10.7. The first-order valence-corrected chi connectivity index (χ1v) is 11.2. The number of nitrogens with zero attached hydrogens (tertiary/aromatic N) is 2. The van der Waals surface area contributed by atoms with Gasteiger partial charge in [0.15, 0.2) is 0 Å². The first kappa shape index (κ1) is 23.6. The molecule has 0 unspecified atom stereocenters. The number of carbonyl (C=O) groups excluding carboxylic acids is 2. The zero-order valence-corrected chi connectivity index (χ0v) is 18.9. The molecule has 0 spiro atoms. The zero-order chi connectivity index (χ0) is 21.4. The molecule has 1 aliphatic rings. The molecular formula is C24H39N3O2. The standard InChI is InChI=1S/C24H39N3O2/c1-6-24(7-2,19(5)28)25-21-15-16-27(18-20-13-11-10-12-14-20)22(21)17-23(29)26(8-3)9-4/h10-14,21-22,25H,6-9,15-18H2,1-5H3/t21-,22+/m0/s1. The minimum atomic E-state index is -0.496. The summed E-state index contributed by atoms with van der Waals surface area (Å²) in [7, 11) is 0. The molecule has 0 radical (unpaired) electrons. The van der Waals surface area contributed by atoms with Gasteiger partial charge in [0.05, 0.1) is 5.54 Å². The Morgan fingerprint density at radius 2 is 1.72 bits per heavy atom. The molecule has 2 rings (SSSR count). The summed E-state index contributed by atoms with van der Waals surface area (Å²) in [6.07, 6.45) is 2.99. The van der Waals surface area contributed by atoms with Gasteiger partial charge in [-0.15, -0.1) is 0 Å². The smallest absolute Gasteiger partial charge is 0.224 e. The highest BCUT2D eigenvalue weighted by Gasteiger charge is 2.41. The number of benzene rings is 1. The van der Waals surface area contributed by atoms with Gasteiger partial charge in [-0.2, -0.15) is 0 Å². The van der Waals surface area contributed by atoms with E-state index in [-0.39, 0.29) is 23.8 Å². The maximum absolute atomic E-state index is 12.9. The third-order valence-electron chi connectivity index (χ3n) is 6.73. The van der Waals surface area contributed by atoms with Crippen molar-refractivity contribution in [3.8, 4) is 0 Å². The maximum Gasteiger partial charge on any atom is 0.224 e. The molecular weight excluding hydrogens is 362 g/mol. The fourth-order valence-corrected chi connectivity index (χ4v) is 4.66. The molecule has 5 nitrogen and oxygen atoms in total. The van der Waals surface area contributed by atoms with Crippen LogP contribution >= 0.6 is 0 Å². The lowest BCUT2D eigenvalue weighted by atomic mass is 9.86. The van der Waals surface area contributed by atoms with Crippen LogP contribution < -0.4 is 5.32 Å².